The van der Waals surface area contributed by atoms with Crippen molar-refractivity contribution in [1.82, 2.24) is 0 Å². The van der Waals surface area contributed by atoms with Crippen LogP contribution in [0, 0.1) is 6.92 Å². The summed E-state index contributed by atoms with van der Waals surface area (Å²) < 4.78 is 272. The molecule has 5 nitrogen and oxygen atoms in total. The summed E-state index contributed by atoms with van der Waals surface area (Å²) in [6.45, 7) is 10.3. The van der Waals surface area contributed by atoms with Crippen LogP contribution in [0.4, 0.5) is 34.1 Å². The summed E-state index contributed by atoms with van der Waals surface area (Å²) in [6.07, 6.45) is 0. The smallest absolute Gasteiger partial charge is 0.252 e. The van der Waals surface area contributed by atoms with Gasteiger partial charge in [0.1, 0.15) is 33.8 Å². The average Bonchev–Trinajstić information content (AvgIpc) is 1.08. The third-order valence-electron chi connectivity index (χ3n) is 12.2. The van der Waals surface area contributed by atoms with E-state index in [1.54, 1.807) is 48.5 Å². The normalized spacial score (nSPS) is 18.8. The molecule has 9 aromatic carbocycles. The maximum Gasteiger partial charge on any atom is 0.252 e. The molecule has 13 rings (SSSR count). The molecule has 0 amide bonds. The lowest BCUT2D eigenvalue weighted by Gasteiger charge is -2.44. The van der Waals surface area contributed by atoms with Crippen molar-refractivity contribution < 1.29 is 50.6 Å². The van der Waals surface area contributed by atoms with E-state index in [1.807, 2.05) is 0 Å². The van der Waals surface area contributed by atoms with Crippen LogP contribution in [0.25, 0.3) is 55.0 Å². The molecule has 2 aliphatic rings. The number of ether oxygens (including phenoxy) is 1. The van der Waals surface area contributed by atoms with Crippen molar-refractivity contribution in [2.24, 2.45) is 0 Å². The van der Waals surface area contributed by atoms with Gasteiger partial charge in [0.25, 0.3) is 6.71 Å². The second-order valence-electron chi connectivity index (χ2n) is 18.9. The van der Waals surface area contributed by atoms with Gasteiger partial charge in [-0.3, -0.25) is 0 Å². The molecule has 0 saturated heterocycles. The number of hydrogen-bond donors (Lipinski definition) is 0. The molecule has 0 atom stereocenters. The Kier molecular flexibility index (Phi) is 4.79. The van der Waals surface area contributed by atoms with Crippen LogP contribution in [0.5, 0.6) is 11.5 Å². The van der Waals surface area contributed by atoms with Crippen molar-refractivity contribution in [2.75, 3.05) is 9.80 Å². The van der Waals surface area contributed by atoms with E-state index in [0.29, 0.717) is 0 Å². The molecule has 11 aromatic rings. The van der Waals surface area contributed by atoms with Gasteiger partial charge in [0.2, 0.25) is 0 Å². The molecule has 2 aromatic heterocycles. The Morgan fingerprint density at radius 3 is 1.78 bits per heavy atom. The van der Waals surface area contributed by atoms with Crippen molar-refractivity contribution in [3.05, 3.63) is 198 Å². The second-order valence-corrected chi connectivity index (χ2v) is 18.9. The molecule has 0 aliphatic carbocycles. The van der Waals surface area contributed by atoms with Gasteiger partial charge in [-0.1, -0.05) is 126 Å². The minimum atomic E-state index is -1.72. The fraction of sp³-hybridized carbons (Fsp3) is 0.143. The van der Waals surface area contributed by atoms with Crippen molar-refractivity contribution >= 4 is 101 Å². The summed E-state index contributed by atoms with van der Waals surface area (Å²) in [6, 6.07) is -16.3. The van der Waals surface area contributed by atoms with Gasteiger partial charge < -0.3 is 23.4 Å². The summed E-state index contributed by atoms with van der Waals surface area (Å²) in [7, 11) is 0. The van der Waals surface area contributed by atoms with Gasteiger partial charge in [0.15, 0.2) is 0 Å². The highest BCUT2D eigenvalue weighted by atomic mass is 16.5. The van der Waals surface area contributed by atoms with Crippen LogP contribution in [-0.4, -0.2) is 6.71 Å². The molecule has 0 fully saturated rings. The molecule has 6 heteroatoms. The first kappa shape index (κ1) is 22.0. The molecule has 2 aliphatic heterocycles. The van der Waals surface area contributed by atoms with Gasteiger partial charge in [0, 0.05) is 61.7 Å². The fourth-order valence-corrected chi connectivity index (χ4v) is 8.95. The Labute approximate surface area is 441 Å². The summed E-state index contributed by atoms with van der Waals surface area (Å²) >= 11 is 0. The van der Waals surface area contributed by atoms with Gasteiger partial charge in [0.05, 0.1) is 37.0 Å². The first-order valence-electron chi connectivity index (χ1n) is 35.4. The molecule has 334 valence electrons. The molecule has 0 N–H and O–H groups in total. The number of hydrogen-bond acceptors (Lipinski definition) is 5. The van der Waals surface area contributed by atoms with E-state index in [0.717, 1.165) is 9.80 Å². The number of fused-ring (bicyclic) bond motifs is 10. The highest BCUT2D eigenvalue weighted by Gasteiger charge is 2.44. The second kappa shape index (κ2) is 15.0. The topological polar surface area (TPSA) is 42.0 Å². The largest absolute Gasteiger partial charge is 0.457 e. The fourth-order valence-electron chi connectivity index (χ4n) is 8.95. The highest BCUT2D eigenvalue weighted by Crippen LogP contribution is 2.48. The van der Waals surface area contributed by atoms with E-state index in [2.05, 4.69) is 0 Å². The highest BCUT2D eigenvalue weighted by molar-refractivity contribution is 7.00. The molecular weight excluding hydrogens is 844 g/mol. The number of benzene rings is 9. The summed E-state index contributed by atoms with van der Waals surface area (Å²) in [5, 5.41) is -0.686. The van der Waals surface area contributed by atoms with E-state index in [4.69, 9.17) is 27.3 Å². The van der Waals surface area contributed by atoms with Crippen LogP contribution < -0.4 is 30.9 Å². The predicted molar refractivity (Wildman–Crippen MR) is 289 cm³/mol. The molecule has 0 saturated carbocycles. The molecular formula is C63H51BN2O3. The Hall–Kier alpha value is -7.96. The third kappa shape index (κ3) is 6.68. The van der Waals surface area contributed by atoms with E-state index in [9.17, 15) is 23.3 Å². The van der Waals surface area contributed by atoms with Crippen LogP contribution >= 0.6 is 0 Å². The zero-order valence-electron chi connectivity index (χ0n) is 64.9. The molecule has 69 heavy (non-hydrogen) atoms. The van der Waals surface area contributed by atoms with E-state index in [-0.39, 0.29) is 95.3 Å². The lowest BCUT2D eigenvalue weighted by atomic mass is 9.33. The zero-order chi connectivity index (χ0) is 70.4. The standard InChI is InChI=1S/C63H51BN2O3/c1-38-29-55-61-56(30-38)66(44-18-14-17-40(31-44)39-15-10-8-11-16-39)53-35-50-47-27-21-42(63(5,6)7)33-58(47)69-59(50)36-52(53)64(61)51-34-49-48-32-41(62(2,3)4)22-28-57(48)68-60(49)37-54(51)65(55)43-23-25-46(26-24-43)67-45-19-12-9-13-20-45/h8-37H,1-7H3/i8D,9D,10D,11D,12D,13D,14D,15D,16D,17D,18D,19D,20D,21D,22D,23D,24D,25D,26D,28D,31D,32D,33D,34D,35D,36D,37D. The molecule has 0 radical (unpaired) electrons. The minimum Gasteiger partial charge on any atom is -0.457 e. The molecule has 0 bridgehead atoms. The maximum absolute atomic E-state index is 10.8. The lowest BCUT2D eigenvalue weighted by Crippen LogP contribution is -2.61. The number of furan rings is 2. The van der Waals surface area contributed by atoms with Crippen LogP contribution in [0.2, 0.25) is 0 Å². The Morgan fingerprint density at radius 2 is 1.04 bits per heavy atom. The van der Waals surface area contributed by atoms with Crippen molar-refractivity contribution in [3.63, 3.8) is 0 Å². The van der Waals surface area contributed by atoms with Crippen LogP contribution in [0.3, 0.4) is 0 Å². The first-order valence-corrected chi connectivity index (χ1v) is 21.9. The van der Waals surface area contributed by atoms with Crippen molar-refractivity contribution in [2.45, 2.75) is 59.3 Å². The van der Waals surface area contributed by atoms with Gasteiger partial charge >= 0.3 is 0 Å². The van der Waals surface area contributed by atoms with Gasteiger partial charge in [-0.2, -0.15) is 0 Å². The van der Waals surface area contributed by atoms with Crippen LogP contribution in [0.15, 0.2) is 190 Å². The van der Waals surface area contributed by atoms with Gasteiger partial charge in [-0.15, -0.1) is 0 Å². The Morgan fingerprint density at radius 1 is 0.464 bits per heavy atom. The van der Waals surface area contributed by atoms with E-state index >= 15 is 0 Å². The average molecular weight is 922 g/mol. The SMILES string of the molecule is [2H]c1cc2c(oc3c([2H])c4c(c([2H])c32)N(c2c([2H])c([2H])c([2H])c(-c3c([2H])c([2H])c([2H])c([2H])c3[2H])c2[2H])c2cc(C)cc3c2B4c2c(c([2H])c4oc5c([2H])c([2H])c(C(C)(C)C)c([2H])c5c4c2[2H])N3c2c([2H])c([2H])c(Oc3c([2H])c([2H])c([2H])c([2H])c3[2H])c([2H])c2[2H])c([2H])c1C(C)(C)C. The van der Waals surface area contributed by atoms with E-state index in [1.165, 1.54) is 18.2 Å². The first-order chi connectivity index (χ1) is 44.6. The number of nitrogens with zero attached hydrogens (tertiary/aromatic N) is 2. The predicted octanol–water partition coefficient (Wildman–Crippen LogP) is 15.9. The quantitative estimate of drug-likeness (QED) is 0.161. The lowest BCUT2D eigenvalue weighted by molar-refractivity contribution is 0.483. The van der Waals surface area contributed by atoms with Crippen LogP contribution in [0.1, 0.15) is 95.2 Å². The molecule has 0 spiro atoms. The maximum atomic E-state index is 10.8. The summed E-state index contributed by atoms with van der Waals surface area (Å²) in [4.78, 5) is 2.20. The van der Waals surface area contributed by atoms with Crippen molar-refractivity contribution in [3.8, 4) is 22.6 Å². The number of anilines is 6. The summed E-state index contributed by atoms with van der Waals surface area (Å²) in [5.41, 5.74) is -7.70. The Balaban J connectivity index is 1.26. The van der Waals surface area contributed by atoms with Crippen molar-refractivity contribution in [1.29, 1.82) is 0 Å². The molecule has 0 unspecified atom stereocenters. The molecule has 4 heterocycles. The van der Waals surface area contributed by atoms with E-state index < -0.39 is 219 Å². The number of aryl methyl sites for hydroxylation is 1. The monoisotopic (exact) mass is 922 g/mol. The third-order valence-corrected chi connectivity index (χ3v) is 12.2. The van der Waals surface area contributed by atoms with Gasteiger partial charge in [-0.25, -0.2) is 0 Å². The Bertz CT molecular complexity index is 5410. The number of rotatable bonds is 5. The van der Waals surface area contributed by atoms with Gasteiger partial charge in [-0.05, 0) is 153 Å². The van der Waals surface area contributed by atoms with Crippen LogP contribution in [-0.2, 0) is 10.8 Å². The zero-order valence-corrected chi connectivity index (χ0v) is 37.9. The number of para-hydroxylation sites is 1. The summed E-state index contributed by atoms with van der Waals surface area (Å²) in [5.74, 6) is -1.79. The minimum absolute atomic E-state index is 0.0129.